The molecule has 0 bridgehead atoms. The van der Waals surface area contributed by atoms with Gasteiger partial charge in [-0.15, -0.1) is 0 Å². The minimum Gasteiger partial charge on any atom is -0.461 e. The second-order valence-electron chi connectivity index (χ2n) is 6.36. The third-order valence-corrected chi connectivity index (χ3v) is 4.75. The van der Waals surface area contributed by atoms with E-state index in [0.717, 1.165) is 11.1 Å². The highest BCUT2D eigenvalue weighted by molar-refractivity contribution is 6.32. The molecule has 0 radical (unpaired) electrons. The van der Waals surface area contributed by atoms with Crippen LogP contribution in [0.2, 0.25) is 5.02 Å². The molecule has 4 nitrogen and oxygen atoms in total. The largest absolute Gasteiger partial charge is 0.461 e. The van der Waals surface area contributed by atoms with E-state index in [-0.39, 0.29) is 24.9 Å². The Balaban J connectivity index is 1.74. The predicted octanol–water partition coefficient (Wildman–Crippen LogP) is 4.99. The molecule has 1 aromatic heterocycles. The summed E-state index contributed by atoms with van der Waals surface area (Å²) in [6, 6.07) is 14.6. The molecule has 2 aromatic carbocycles. The Morgan fingerprint density at radius 3 is 2.65 bits per heavy atom. The van der Waals surface area contributed by atoms with Crippen molar-refractivity contribution < 1.29 is 13.9 Å². The lowest BCUT2D eigenvalue weighted by Crippen LogP contribution is -2.10. The average molecular weight is 371 g/mol. The lowest BCUT2D eigenvalue weighted by molar-refractivity contribution is -0.145. The van der Waals surface area contributed by atoms with E-state index in [1.54, 1.807) is 12.1 Å². The van der Waals surface area contributed by atoms with E-state index in [4.69, 9.17) is 20.8 Å². The SMILES string of the molecule is Cc1cc2oc(=O)cc(COC(=O)C[C@H](C)c3ccccc3)c2cc1Cl. The fourth-order valence-corrected chi connectivity index (χ4v) is 3.00. The number of carbonyl (C=O) groups is 1. The van der Waals surface area contributed by atoms with E-state index >= 15 is 0 Å². The zero-order chi connectivity index (χ0) is 18.7. The summed E-state index contributed by atoms with van der Waals surface area (Å²) in [5.74, 6) is -0.265. The molecule has 0 aliphatic rings. The van der Waals surface area contributed by atoms with E-state index in [9.17, 15) is 9.59 Å². The first-order valence-electron chi connectivity index (χ1n) is 8.37. The summed E-state index contributed by atoms with van der Waals surface area (Å²) in [6.45, 7) is 3.81. The van der Waals surface area contributed by atoms with Crippen molar-refractivity contribution in [3.63, 3.8) is 0 Å². The zero-order valence-corrected chi connectivity index (χ0v) is 15.4. The number of fused-ring (bicyclic) bond motifs is 1. The van der Waals surface area contributed by atoms with E-state index in [2.05, 4.69) is 0 Å². The molecule has 1 atom stereocenters. The number of hydrogen-bond acceptors (Lipinski definition) is 4. The van der Waals surface area contributed by atoms with Gasteiger partial charge in [0, 0.05) is 22.0 Å². The van der Waals surface area contributed by atoms with Gasteiger partial charge in [-0.1, -0.05) is 48.9 Å². The highest BCUT2D eigenvalue weighted by atomic mass is 35.5. The summed E-state index contributed by atoms with van der Waals surface area (Å²) in [7, 11) is 0. The van der Waals surface area contributed by atoms with Crippen LogP contribution in [0.5, 0.6) is 0 Å². The Hall–Kier alpha value is -2.59. The van der Waals surface area contributed by atoms with Crippen LogP contribution in [0, 0.1) is 6.92 Å². The second-order valence-corrected chi connectivity index (χ2v) is 6.77. The van der Waals surface area contributed by atoms with Gasteiger partial charge in [-0.05, 0) is 36.1 Å². The van der Waals surface area contributed by atoms with Crippen molar-refractivity contribution in [1.29, 1.82) is 0 Å². The molecule has 1 heterocycles. The summed E-state index contributed by atoms with van der Waals surface area (Å²) in [5, 5.41) is 1.24. The molecular formula is C21H19ClO4. The summed E-state index contributed by atoms with van der Waals surface area (Å²) < 4.78 is 10.6. The van der Waals surface area contributed by atoms with Crippen LogP contribution < -0.4 is 5.63 Å². The molecule has 0 saturated heterocycles. The molecule has 3 rings (SSSR count). The monoisotopic (exact) mass is 370 g/mol. The number of ether oxygens (including phenoxy) is 1. The lowest BCUT2D eigenvalue weighted by atomic mass is 9.98. The topological polar surface area (TPSA) is 56.5 Å². The second kappa shape index (κ2) is 7.75. The van der Waals surface area contributed by atoms with Crippen molar-refractivity contribution in [3.8, 4) is 0 Å². The first-order valence-corrected chi connectivity index (χ1v) is 8.75. The molecule has 0 amide bonds. The van der Waals surface area contributed by atoms with Gasteiger partial charge in [0.1, 0.15) is 12.2 Å². The van der Waals surface area contributed by atoms with Crippen LogP contribution in [0.25, 0.3) is 11.0 Å². The first-order chi connectivity index (χ1) is 12.4. The summed E-state index contributed by atoms with van der Waals surface area (Å²) in [5.41, 5.74) is 2.43. The Kier molecular flexibility index (Phi) is 5.43. The Bertz CT molecular complexity index is 992. The highest BCUT2D eigenvalue weighted by Crippen LogP contribution is 2.26. The lowest BCUT2D eigenvalue weighted by Gasteiger charge is -2.12. The van der Waals surface area contributed by atoms with Crippen LogP contribution in [-0.4, -0.2) is 5.97 Å². The Labute approximate surface area is 156 Å². The van der Waals surface area contributed by atoms with Gasteiger partial charge in [0.2, 0.25) is 0 Å². The molecule has 0 saturated carbocycles. The highest BCUT2D eigenvalue weighted by Gasteiger charge is 2.14. The standard InChI is InChI=1S/C21H19ClO4/c1-13(15-6-4-3-5-7-15)9-20(23)25-12-16-10-21(24)26-19-8-14(2)18(22)11-17(16)19/h3-8,10-11,13H,9,12H2,1-2H3/t13-/m0/s1. The fraction of sp³-hybridized carbons (Fsp3) is 0.238. The zero-order valence-electron chi connectivity index (χ0n) is 14.6. The summed E-state index contributed by atoms with van der Waals surface area (Å²) >= 11 is 6.17. The number of halogens is 1. The number of benzene rings is 2. The molecule has 0 unspecified atom stereocenters. The molecule has 0 N–H and O–H groups in total. The van der Waals surface area contributed by atoms with E-state index in [1.165, 1.54) is 6.07 Å². The fourth-order valence-electron chi connectivity index (χ4n) is 2.83. The van der Waals surface area contributed by atoms with Crippen LogP contribution in [0.15, 0.2) is 57.7 Å². The average Bonchev–Trinajstić information content (AvgIpc) is 2.62. The van der Waals surface area contributed by atoms with Gasteiger partial charge in [-0.2, -0.15) is 0 Å². The maximum atomic E-state index is 12.2. The molecule has 134 valence electrons. The number of aryl methyl sites for hydroxylation is 1. The van der Waals surface area contributed by atoms with Gasteiger partial charge in [0.15, 0.2) is 0 Å². The normalized spacial score (nSPS) is 12.1. The molecular weight excluding hydrogens is 352 g/mol. The maximum absolute atomic E-state index is 12.2. The Morgan fingerprint density at radius 2 is 1.92 bits per heavy atom. The van der Waals surface area contributed by atoms with Crippen molar-refractivity contribution in [2.75, 3.05) is 0 Å². The summed E-state index contributed by atoms with van der Waals surface area (Å²) in [4.78, 5) is 24.0. The minimum absolute atomic E-state index is 0.00182. The Morgan fingerprint density at radius 1 is 1.19 bits per heavy atom. The number of esters is 1. The van der Waals surface area contributed by atoms with Crippen molar-refractivity contribution in [2.45, 2.75) is 32.8 Å². The maximum Gasteiger partial charge on any atom is 0.336 e. The molecule has 0 fully saturated rings. The quantitative estimate of drug-likeness (QED) is 0.469. The minimum atomic E-state index is -0.483. The van der Waals surface area contributed by atoms with Gasteiger partial charge in [0.05, 0.1) is 6.42 Å². The number of hydrogen-bond donors (Lipinski definition) is 0. The van der Waals surface area contributed by atoms with Crippen molar-refractivity contribution in [1.82, 2.24) is 0 Å². The van der Waals surface area contributed by atoms with Crippen LogP contribution in [-0.2, 0) is 16.1 Å². The molecule has 0 aliphatic carbocycles. The van der Waals surface area contributed by atoms with E-state index in [0.29, 0.717) is 21.6 Å². The smallest absolute Gasteiger partial charge is 0.336 e. The molecule has 0 spiro atoms. The van der Waals surface area contributed by atoms with Crippen LogP contribution in [0.4, 0.5) is 0 Å². The van der Waals surface area contributed by atoms with Crippen LogP contribution in [0.3, 0.4) is 0 Å². The molecule has 26 heavy (non-hydrogen) atoms. The first kappa shape index (κ1) is 18.2. The van der Waals surface area contributed by atoms with Crippen molar-refractivity contribution >= 4 is 28.5 Å². The predicted molar refractivity (Wildman–Crippen MR) is 102 cm³/mol. The molecule has 0 aliphatic heterocycles. The van der Waals surface area contributed by atoms with Crippen molar-refractivity contribution in [2.24, 2.45) is 0 Å². The third kappa shape index (κ3) is 4.14. The van der Waals surface area contributed by atoms with E-state index in [1.807, 2.05) is 44.2 Å². The van der Waals surface area contributed by atoms with Crippen LogP contribution in [0.1, 0.15) is 36.0 Å². The van der Waals surface area contributed by atoms with Crippen molar-refractivity contribution in [3.05, 3.63) is 80.7 Å². The summed E-state index contributed by atoms with van der Waals surface area (Å²) in [6.07, 6.45) is 0.267. The number of carbonyl (C=O) groups excluding carboxylic acids is 1. The van der Waals surface area contributed by atoms with Gasteiger partial charge in [0.25, 0.3) is 0 Å². The molecule has 3 aromatic rings. The molecule has 5 heteroatoms. The van der Waals surface area contributed by atoms with Crippen LogP contribution >= 0.6 is 11.6 Å². The van der Waals surface area contributed by atoms with E-state index < -0.39 is 5.63 Å². The third-order valence-electron chi connectivity index (χ3n) is 4.34. The van der Waals surface area contributed by atoms with Gasteiger partial charge in [-0.25, -0.2) is 4.79 Å². The number of rotatable bonds is 5. The van der Waals surface area contributed by atoms with Gasteiger partial charge < -0.3 is 9.15 Å². The van der Waals surface area contributed by atoms with Gasteiger partial charge >= 0.3 is 11.6 Å². The van der Waals surface area contributed by atoms with Gasteiger partial charge in [-0.3, -0.25) is 4.79 Å².